The van der Waals surface area contributed by atoms with Crippen LogP contribution in [0.4, 0.5) is 0 Å². The van der Waals surface area contributed by atoms with Crippen molar-refractivity contribution in [3.05, 3.63) is 41.7 Å². The average molecular weight is 256 g/mol. The van der Waals surface area contributed by atoms with E-state index in [2.05, 4.69) is 10.3 Å². The molecule has 0 aliphatic heterocycles. The molecule has 0 amide bonds. The lowest BCUT2D eigenvalue weighted by molar-refractivity contribution is -0.783. The Morgan fingerprint density at radius 2 is 2.05 bits per heavy atom. The molecule has 0 atom stereocenters. The van der Waals surface area contributed by atoms with Gasteiger partial charge in [0.2, 0.25) is 0 Å². The van der Waals surface area contributed by atoms with Crippen LogP contribution in [0.5, 0.6) is 0 Å². The van der Waals surface area contributed by atoms with Crippen LogP contribution in [0.2, 0.25) is 0 Å². The van der Waals surface area contributed by atoms with E-state index in [4.69, 9.17) is 4.74 Å². The van der Waals surface area contributed by atoms with E-state index in [0.29, 0.717) is 10.9 Å². The zero-order valence-corrected chi connectivity index (χ0v) is 10.6. The fourth-order valence-electron chi connectivity index (χ4n) is 2.08. The first-order valence-corrected chi connectivity index (χ1v) is 5.77. The largest absolute Gasteiger partial charge is 0.616 e. The number of methoxy groups -OCH3 is 1. The van der Waals surface area contributed by atoms with Crippen LogP contribution in [-0.2, 0) is 11.8 Å². The Bertz CT molecular complexity index is 780. The Morgan fingerprint density at radius 1 is 1.32 bits per heavy atom. The highest BCUT2D eigenvalue weighted by Crippen LogP contribution is 2.16. The van der Waals surface area contributed by atoms with Crippen LogP contribution in [0.1, 0.15) is 0 Å². The summed E-state index contributed by atoms with van der Waals surface area (Å²) in [5, 5.41) is 20.8. The van der Waals surface area contributed by atoms with Gasteiger partial charge in [0.1, 0.15) is 18.5 Å². The summed E-state index contributed by atoms with van der Waals surface area (Å²) in [4.78, 5) is 1.41. The second-order valence-electron chi connectivity index (χ2n) is 4.12. The van der Waals surface area contributed by atoms with E-state index in [1.807, 2.05) is 30.3 Å². The molecule has 0 N–H and O–H groups in total. The quantitative estimate of drug-likeness (QED) is 0.552. The number of rotatable bonds is 2. The molecule has 0 bridgehead atoms. The second-order valence-corrected chi connectivity index (χ2v) is 4.12. The van der Waals surface area contributed by atoms with Gasteiger partial charge in [-0.05, 0) is 22.6 Å². The third-order valence-electron chi connectivity index (χ3n) is 2.90. The van der Waals surface area contributed by atoms with Crippen molar-refractivity contribution in [2.24, 2.45) is 7.05 Å². The number of ether oxygens (including phenoxy) is 1. The SMILES string of the molecule is CO/C([O-])=c1/c(-c2ccccc2)cn2n[n+](C)nc12. The van der Waals surface area contributed by atoms with Gasteiger partial charge in [0.15, 0.2) is 0 Å². The lowest BCUT2D eigenvalue weighted by atomic mass is 10.1. The highest BCUT2D eigenvalue weighted by atomic mass is 16.6. The van der Waals surface area contributed by atoms with E-state index < -0.39 is 5.95 Å². The molecule has 19 heavy (non-hydrogen) atoms. The van der Waals surface area contributed by atoms with Gasteiger partial charge in [0, 0.05) is 5.56 Å². The van der Waals surface area contributed by atoms with E-state index in [9.17, 15) is 5.11 Å². The number of hydrogen-bond acceptors (Lipinski definition) is 4. The number of benzene rings is 1. The molecule has 6 heteroatoms. The zero-order chi connectivity index (χ0) is 13.4. The van der Waals surface area contributed by atoms with Crippen molar-refractivity contribution in [1.82, 2.24) is 14.8 Å². The molecule has 2 heterocycles. The zero-order valence-electron chi connectivity index (χ0n) is 10.6. The minimum atomic E-state index is -0.415. The highest BCUT2D eigenvalue weighted by molar-refractivity contribution is 5.71. The summed E-state index contributed by atoms with van der Waals surface area (Å²) < 4.78 is 6.42. The van der Waals surface area contributed by atoms with Crippen LogP contribution in [0.15, 0.2) is 36.5 Å². The van der Waals surface area contributed by atoms with Gasteiger partial charge in [0.05, 0.1) is 11.2 Å². The number of hydrogen-bond donors (Lipinski definition) is 0. The van der Waals surface area contributed by atoms with Crippen LogP contribution in [0, 0.1) is 0 Å². The predicted octanol–water partition coefficient (Wildman–Crippen LogP) is -0.988. The Morgan fingerprint density at radius 3 is 2.74 bits per heavy atom. The molecule has 3 aromatic rings. The van der Waals surface area contributed by atoms with Crippen LogP contribution in [-0.4, -0.2) is 21.9 Å². The molecule has 0 aliphatic rings. The van der Waals surface area contributed by atoms with E-state index in [-0.39, 0.29) is 0 Å². The van der Waals surface area contributed by atoms with Crippen molar-refractivity contribution >= 4 is 11.6 Å². The van der Waals surface area contributed by atoms with Crippen molar-refractivity contribution in [2.75, 3.05) is 7.11 Å². The topological polar surface area (TPSA) is 66.4 Å². The third kappa shape index (κ3) is 1.77. The van der Waals surface area contributed by atoms with Gasteiger partial charge in [-0.1, -0.05) is 34.8 Å². The fraction of sp³-hybridized carbons (Fsp3) is 0.154. The normalized spacial score (nSPS) is 12.7. The lowest BCUT2D eigenvalue weighted by Crippen LogP contribution is -2.34. The first kappa shape index (κ1) is 11.5. The molecule has 0 radical (unpaired) electrons. The van der Waals surface area contributed by atoms with E-state index in [0.717, 1.165) is 11.1 Å². The molecule has 2 aromatic heterocycles. The molecule has 0 unspecified atom stereocenters. The number of fused-ring (bicyclic) bond motifs is 1. The number of nitrogens with zero attached hydrogens (tertiary/aromatic N) is 4. The summed E-state index contributed by atoms with van der Waals surface area (Å²) in [5.41, 5.74) is 2.19. The maximum atomic E-state index is 12.0. The maximum Gasteiger partial charge on any atom is 0.297 e. The molecular weight excluding hydrogens is 244 g/mol. The molecule has 0 saturated carbocycles. The minimum Gasteiger partial charge on any atom is -0.616 e. The monoisotopic (exact) mass is 256 g/mol. The van der Waals surface area contributed by atoms with Crippen molar-refractivity contribution in [2.45, 2.75) is 0 Å². The molecule has 0 aliphatic carbocycles. The van der Waals surface area contributed by atoms with Gasteiger partial charge in [-0.15, -0.1) is 0 Å². The van der Waals surface area contributed by atoms with Crippen LogP contribution in [0.25, 0.3) is 22.7 Å². The van der Waals surface area contributed by atoms with Crippen molar-refractivity contribution in [3.63, 3.8) is 0 Å². The Kier molecular flexibility index (Phi) is 2.56. The van der Waals surface area contributed by atoms with Crippen LogP contribution >= 0.6 is 0 Å². The molecule has 0 spiro atoms. The number of tetrazole rings is 1. The summed E-state index contributed by atoms with van der Waals surface area (Å²) in [6.07, 6.45) is 1.78. The predicted molar refractivity (Wildman–Crippen MR) is 65.2 cm³/mol. The summed E-state index contributed by atoms with van der Waals surface area (Å²) in [5.74, 6) is -0.415. The van der Waals surface area contributed by atoms with Gasteiger partial charge in [0.25, 0.3) is 5.65 Å². The first-order chi connectivity index (χ1) is 9.20. The van der Waals surface area contributed by atoms with Crippen LogP contribution < -0.4 is 15.1 Å². The van der Waals surface area contributed by atoms with Gasteiger partial charge < -0.3 is 9.84 Å². The summed E-state index contributed by atoms with van der Waals surface area (Å²) in [6.45, 7) is 0. The summed E-state index contributed by atoms with van der Waals surface area (Å²) in [7, 11) is 3.06. The van der Waals surface area contributed by atoms with E-state index >= 15 is 0 Å². The van der Waals surface area contributed by atoms with Gasteiger partial charge >= 0.3 is 0 Å². The molecule has 6 nitrogen and oxygen atoms in total. The smallest absolute Gasteiger partial charge is 0.297 e. The molecule has 0 fully saturated rings. The second kappa shape index (κ2) is 4.24. The molecule has 0 saturated heterocycles. The number of aromatic nitrogens is 4. The Hall–Kier alpha value is -2.63. The van der Waals surface area contributed by atoms with Crippen molar-refractivity contribution < 1.29 is 14.6 Å². The van der Waals surface area contributed by atoms with Crippen molar-refractivity contribution in [1.29, 1.82) is 0 Å². The van der Waals surface area contributed by atoms with Gasteiger partial charge in [-0.25, -0.2) is 0 Å². The van der Waals surface area contributed by atoms with Crippen LogP contribution in [0.3, 0.4) is 0 Å². The molecule has 1 aromatic carbocycles. The van der Waals surface area contributed by atoms with E-state index in [1.165, 1.54) is 11.9 Å². The summed E-state index contributed by atoms with van der Waals surface area (Å²) >= 11 is 0. The average Bonchev–Trinajstić information content (AvgIpc) is 2.94. The number of aryl methyl sites for hydroxylation is 1. The van der Waals surface area contributed by atoms with Gasteiger partial charge in [-0.3, -0.25) is 0 Å². The maximum absolute atomic E-state index is 12.0. The van der Waals surface area contributed by atoms with E-state index in [1.54, 1.807) is 17.8 Å². The fourth-order valence-corrected chi connectivity index (χ4v) is 2.08. The summed E-state index contributed by atoms with van der Waals surface area (Å²) in [6, 6.07) is 9.62. The van der Waals surface area contributed by atoms with Crippen molar-refractivity contribution in [3.8, 4) is 11.1 Å². The lowest BCUT2D eigenvalue weighted by Gasteiger charge is -2.07. The Labute approximate surface area is 109 Å². The minimum absolute atomic E-state index is 0.415. The third-order valence-corrected chi connectivity index (χ3v) is 2.90. The Balaban J connectivity index is 2.40. The molecular formula is C13H12N4O2. The van der Waals surface area contributed by atoms with Gasteiger partial charge in [-0.2, -0.15) is 0 Å². The standard InChI is InChI=1S/C13H12N4O2/c1-16-14-12-11(13(18)19-2)10(8-17(12)15-16)9-6-4-3-5-7-9/h3-8H,1-2H3. The molecule has 3 rings (SSSR count). The molecule has 96 valence electrons. The first-order valence-electron chi connectivity index (χ1n) is 5.77. The highest BCUT2D eigenvalue weighted by Gasteiger charge is 2.18.